The van der Waals surface area contributed by atoms with Crippen LogP contribution >= 0.6 is 23.2 Å². The van der Waals surface area contributed by atoms with E-state index in [9.17, 15) is 9.59 Å². The summed E-state index contributed by atoms with van der Waals surface area (Å²) in [6.07, 6.45) is 3.58. The van der Waals surface area contributed by atoms with Gasteiger partial charge in [-0.05, 0) is 34.9 Å². The number of nitrogens with zero attached hydrogens (tertiary/aromatic N) is 1. The van der Waals surface area contributed by atoms with Gasteiger partial charge in [0.1, 0.15) is 6.04 Å². The molecule has 1 heterocycles. The van der Waals surface area contributed by atoms with Crippen LogP contribution in [0.3, 0.4) is 0 Å². The first-order valence-corrected chi connectivity index (χ1v) is 8.97. The number of benzene rings is 2. The minimum absolute atomic E-state index is 0.175. The van der Waals surface area contributed by atoms with Gasteiger partial charge in [-0.15, -0.1) is 0 Å². The number of hydrogen-bond acceptors (Lipinski definition) is 2. The minimum Gasteiger partial charge on any atom is -0.357 e. The molecule has 1 aliphatic heterocycles. The number of carbonyl (C=O) groups excluding carboxylic acids is 2. The molecule has 2 aromatic carbocycles. The molecule has 1 aliphatic rings. The molecule has 6 heteroatoms. The first-order valence-electron chi connectivity index (χ1n) is 8.21. The van der Waals surface area contributed by atoms with Gasteiger partial charge in [-0.1, -0.05) is 53.5 Å². The number of likely N-dealkylation sites (N-methyl/N-ethyl adjacent to an activating group) is 1. The van der Waals surface area contributed by atoms with Crippen molar-refractivity contribution in [1.82, 2.24) is 10.2 Å². The van der Waals surface area contributed by atoms with Crippen LogP contribution in [0.25, 0.3) is 6.08 Å². The third kappa shape index (κ3) is 3.92. The van der Waals surface area contributed by atoms with Crippen LogP contribution in [0.1, 0.15) is 16.7 Å². The molecule has 0 aliphatic carbocycles. The van der Waals surface area contributed by atoms with Crippen molar-refractivity contribution >= 4 is 41.1 Å². The largest absolute Gasteiger partial charge is 0.357 e. The summed E-state index contributed by atoms with van der Waals surface area (Å²) in [5.41, 5.74) is 2.84. The van der Waals surface area contributed by atoms with E-state index >= 15 is 0 Å². The molecule has 26 heavy (non-hydrogen) atoms. The van der Waals surface area contributed by atoms with Crippen molar-refractivity contribution in [2.45, 2.75) is 19.0 Å². The third-order valence-electron chi connectivity index (χ3n) is 4.45. The molecule has 0 bridgehead atoms. The molecule has 0 spiro atoms. The van der Waals surface area contributed by atoms with Gasteiger partial charge in [-0.2, -0.15) is 0 Å². The Morgan fingerprint density at radius 1 is 1.15 bits per heavy atom. The molecule has 0 fully saturated rings. The molecular formula is C20H18Cl2N2O2. The summed E-state index contributed by atoms with van der Waals surface area (Å²) in [5, 5.41) is 3.65. The average Bonchev–Trinajstić information content (AvgIpc) is 2.65. The van der Waals surface area contributed by atoms with E-state index in [0.29, 0.717) is 28.6 Å². The maximum absolute atomic E-state index is 12.8. The van der Waals surface area contributed by atoms with E-state index in [1.54, 1.807) is 36.2 Å². The van der Waals surface area contributed by atoms with E-state index in [4.69, 9.17) is 23.2 Å². The lowest BCUT2D eigenvalue weighted by atomic mass is 9.93. The lowest BCUT2D eigenvalue weighted by Crippen LogP contribution is -2.51. The summed E-state index contributed by atoms with van der Waals surface area (Å²) in [4.78, 5) is 26.7. The van der Waals surface area contributed by atoms with E-state index in [1.165, 1.54) is 6.08 Å². The van der Waals surface area contributed by atoms with Crippen LogP contribution in [0, 0.1) is 0 Å². The van der Waals surface area contributed by atoms with Gasteiger partial charge >= 0.3 is 0 Å². The second-order valence-corrected chi connectivity index (χ2v) is 6.91. The fourth-order valence-corrected chi connectivity index (χ4v) is 3.52. The summed E-state index contributed by atoms with van der Waals surface area (Å²) in [6.45, 7) is 0.395. The standard InChI is InChI=1S/C20H18Cl2N2O2/c1-23-20(26)18-10-14-4-2-3-5-15(14)12-24(18)19(25)9-7-13-6-8-16(21)11-17(13)22/h2-9,11,18H,10,12H2,1H3,(H,23,26)/b9-7+. The van der Waals surface area contributed by atoms with Gasteiger partial charge in [0.15, 0.2) is 0 Å². The molecular weight excluding hydrogens is 371 g/mol. The minimum atomic E-state index is -0.535. The molecule has 0 saturated heterocycles. The molecule has 134 valence electrons. The summed E-state index contributed by atoms with van der Waals surface area (Å²) in [5.74, 6) is -0.412. The van der Waals surface area contributed by atoms with Crippen molar-refractivity contribution in [2.75, 3.05) is 7.05 Å². The zero-order valence-electron chi connectivity index (χ0n) is 14.2. The first kappa shape index (κ1) is 18.5. The first-order chi connectivity index (χ1) is 12.5. The van der Waals surface area contributed by atoms with E-state index in [1.807, 2.05) is 24.3 Å². The van der Waals surface area contributed by atoms with Crippen LogP contribution in [-0.4, -0.2) is 29.8 Å². The van der Waals surface area contributed by atoms with Crippen LogP contribution in [-0.2, 0) is 22.6 Å². The summed E-state index contributed by atoms with van der Waals surface area (Å²) in [6, 6.07) is 12.4. The maximum atomic E-state index is 12.8. The maximum Gasteiger partial charge on any atom is 0.247 e. The zero-order chi connectivity index (χ0) is 18.7. The fourth-order valence-electron chi connectivity index (χ4n) is 3.05. The smallest absolute Gasteiger partial charge is 0.247 e. The molecule has 1 N–H and O–H groups in total. The Kier molecular flexibility index (Phi) is 5.64. The number of amides is 2. The van der Waals surface area contributed by atoms with Crippen LogP contribution in [0.2, 0.25) is 10.0 Å². The SMILES string of the molecule is CNC(=O)C1Cc2ccccc2CN1C(=O)/C=C/c1ccc(Cl)cc1Cl. The highest BCUT2D eigenvalue weighted by Gasteiger charge is 2.33. The number of rotatable bonds is 3. The Hall–Kier alpha value is -2.30. The van der Waals surface area contributed by atoms with Crippen molar-refractivity contribution in [3.63, 3.8) is 0 Å². The lowest BCUT2D eigenvalue weighted by molar-refractivity contribution is -0.138. The monoisotopic (exact) mass is 388 g/mol. The van der Waals surface area contributed by atoms with Crippen molar-refractivity contribution in [3.8, 4) is 0 Å². The van der Waals surface area contributed by atoms with E-state index < -0.39 is 6.04 Å². The molecule has 1 unspecified atom stereocenters. The molecule has 1 atom stereocenters. The van der Waals surface area contributed by atoms with Gasteiger partial charge < -0.3 is 10.2 Å². The molecule has 4 nitrogen and oxygen atoms in total. The van der Waals surface area contributed by atoms with E-state index in [0.717, 1.165) is 11.1 Å². The average molecular weight is 389 g/mol. The van der Waals surface area contributed by atoms with Crippen molar-refractivity contribution < 1.29 is 9.59 Å². The normalized spacial score (nSPS) is 16.4. The Morgan fingerprint density at radius 3 is 2.58 bits per heavy atom. The second-order valence-electron chi connectivity index (χ2n) is 6.07. The Morgan fingerprint density at radius 2 is 1.88 bits per heavy atom. The van der Waals surface area contributed by atoms with Crippen LogP contribution in [0.15, 0.2) is 48.5 Å². The lowest BCUT2D eigenvalue weighted by Gasteiger charge is -2.35. The van der Waals surface area contributed by atoms with Crippen LogP contribution < -0.4 is 5.32 Å². The Labute approximate surface area is 162 Å². The Balaban J connectivity index is 1.86. The van der Waals surface area contributed by atoms with Gasteiger partial charge in [-0.3, -0.25) is 9.59 Å². The van der Waals surface area contributed by atoms with Crippen LogP contribution in [0.5, 0.6) is 0 Å². The summed E-state index contributed by atoms with van der Waals surface area (Å²) >= 11 is 12.0. The predicted octanol–water partition coefficient (Wildman–Crippen LogP) is 3.71. The quantitative estimate of drug-likeness (QED) is 0.814. The summed E-state index contributed by atoms with van der Waals surface area (Å²) < 4.78 is 0. The number of nitrogens with one attached hydrogen (secondary N) is 1. The molecule has 0 aromatic heterocycles. The number of fused-ring (bicyclic) bond motifs is 1. The second kappa shape index (κ2) is 7.94. The van der Waals surface area contributed by atoms with Gasteiger partial charge in [0.05, 0.1) is 0 Å². The van der Waals surface area contributed by atoms with Crippen molar-refractivity contribution in [1.29, 1.82) is 0 Å². The van der Waals surface area contributed by atoms with Crippen molar-refractivity contribution in [2.24, 2.45) is 0 Å². The van der Waals surface area contributed by atoms with Gasteiger partial charge in [0.25, 0.3) is 0 Å². The zero-order valence-corrected chi connectivity index (χ0v) is 15.7. The molecule has 0 radical (unpaired) electrons. The van der Waals surface area contributed by atoms with E-state index in [2.05, 4.69) is 5.32 Å². The van der Waals surface area contributed by atoms with Crippen molar-refractivity contribution in [3.05, 3.63) is 75.3 Å². The topological polar surface area (TPSA) is 49.4 Å². The highest BCUT2D eigenvalue weighted by molar-refractivity contribution is 6.35. The number of carbonyl (C=O) groups is 2. The number of halogens is 2. The highest BCUT2D eigenvalue weighted by atomic mass is 35.5. The fraction of sp³-hybridized carbons (Fsp3) is 0.200. The van der Waals surface area contributed by atoms with Gasteiger partial charge in [-0.25, -0.2) is 0 Å². The summed E-state index contributed by atoms with van der Waals surface area (Å²) in [7, 11) is 1.58. The molecule has 0 saturated carbocycles. The third-order valence-corrected chi connectivity index (χ3v) is 5.01. The molecule has 2 aromatic rings. The van der Waals surface area contributed by atoms with Crippen LogP contribution in [0.4, 0.5) is 0 Å². The number of hydrogen-bond donors (Lipinski definition) is 1. The molecule has 3 rings (SSSR count). The van der Waals surface area contributed by atoms with E-state index in [-0.39, 0.29) is 11.8 Å². The van der Waals surface area contributed by atoms with Gasteiger partial charge in [0, 0.05) is 36.1 Å². The predicted molar refractivity (Wildman–Crippen MR) is 104 cm³/mol. The molecule has 2 amide bonds. The highest BCUT2D eigenvalue weighted by Crippen LogP contribution is 2.25. The Bertz CT molecular complexity index is 880. The van der Waals surface area contributed by atoms with Gasteiger partial charge in [0.2, 0.25) is 11.8 Å².